The Labute approximate surface area is 169 Å². The standard InChI is InChI=1S/C20H29N5O4/c1-22-18(14-19(27)23(2)20(22)28)21-7-4-8-24-9-11-25(12-10-24)16-6-5-15(26)13-17(16)29-3/h5-6,13-14,21,26H,4,7-12H2,1-3H3. The van der Waals surface area contributed by atoms with Crippen LogP contribution < -0.4 is 26.2 Å². The molecule has 1 fully saturated rings. The van der Waals surface area contributed by atoms with E-state index in [0.29, 0.717) is 18.1 Å². The molecule has 0 spiro atoms. The molecule has 1 aliphatic rings. The van der Waals surface area contributed by atoms with E-state index in [-0.39, 0.29) is 17.0 Å². The lowest BCUT2D eigenvalue weighted by atomic mass is 10.2. The van der Waals surface area contributed by atoms with Gasteiger partial charge in [0.25, 0.3) is 5.56 Å². The van der Waals surface area contributed by atoms with Crippen LogP contribution in [0.2, 0.25) is 0 Å². The minimum absolute atomic E-state index is 0.200. The summed E-state index contributed by atoms with van der Waals surface area (Å²) in [4.78, 5) is 28.4. The Morgan fingerprint density at radius 1 is 1.07 bits per heavy atom. The molecule has 3 rings (SSSR count). The molecule has 9 nitrogen and oxygen atoms in total. The molecule has 158 valence electrons. The number of anilines is 2. The lowest BCUT2D eigenvalue weighted by Gasteiger charge is -2.36. The Hall–Kier alpha value is -2.94. The molecule has 2 aromatic rings. The van der Waals surface area contributed by atoms with Crippen molar-refractivity contribution in [2.45, 2.75) is 6.42 Å². The molecule has 2 N–H and O–H groups in total. The highest BCUT2D eigenvalue weighted by atomic mass is 16.5. The molecule has 0 atom stereocenters. The van der Waals surface area contributed by atoms with Crippen molar-refractivity contribution in [3.05, 3.63) is 45.1 Å². The van der Waals surface area contributed by atoms with Crippen molar-refractivity contribution >= 4 is 11.5 Å². The molecule has 0 unspecified atom stereocenters. The number of nitrogens with one attached hydrogen (secondary N) is 1. The predicted molar refractivity (Wildman–Crippen MR) is 113 cm³/mol. The summed E-state index contributed by atoms with van der Waals surface area (Å²) in [6.45, 7) is 5.27. The summed E-state index contributed by atoms with van der Waals surface area (Å²) in [6, 6.07) is 6.66. The fourth-order valence-corrected chi connectivity index (χ4v) is 3.56. The third-order valence-electron chi connectivity index (χ3n) is 5.36. The van der Waals surface area contributed by atoms with Crippen molar-refractivity contribution in [1.82, 2.24) is 14.0 Å². The first-order valence-corrected chi connectivity index (χ1v) is 9.76. The second-order valence-electron chi connectivity index (χ2n) is 7.23. The highest BCUT2D eigenvalue weighted by molar-refractivity contribution is 5.61. The van der Waals surface area contributed by atoms with E-state index < -0.39 is 0 Å². The number of aromatic nitrogens is 2. The van der Waals surface area contributed by atoms with Crippen molar-refractivity contribution in [2.75, 3.05) is 56.6 Å². The maximum absolute atomic E-state index is 12.0. The van der Waals surface area contributed by atoms with Gasteiger partial charge >= 0.3 is 5.69 Å². The van der Waals surface area contributed by atoms with Gasteiger partial charge in [0, 0.05) is 59.0 Å². The minimum atomic E-state index is -0.333. The van der Waals surface area contributed by atoms with Gasteiger partial charge < -0.3 is 20.1 Å². The van der Waals surface area contributed by atoms with Crippen LogP contribution in [0.1, 0.15) is 6.42 Å². The van der Waals surface area contributed by atoms with Gasteiger partial charge in [0.15, 0.2) is 0 Å². The van der Waals surface area contributed by atoms with Crippen molar-refractivity contribution in [3.63, 3.8) is 0 Å². The van der Waals surface area contributed by atoms with E-state index in [1.807, 2.05) is 6.07 Å². The first-order valence-electron chi connectivity index (χ1n) is 9.76. The summed E-state index contributed by atoms with van der Waals surface area (Å²) in [5, 5.41) is 12.8. The van der Waals surface area contributed by atoms with E-state index >= 15 is 0 Å². The van der Waals surface area contributed by atoms with E-state index in [0.717, 1.165) is 49.4 Å². The smallest absolute Gasteiger partial charge is 0.332 e. The molecule has 2 heterocycles. The average molecular weight is 403 g/mol. The third kappa shape index (κ3) is 4.73. The van der Waals surface area contributed by atoms with Gasteiger partial charge in [-0.1, -0.05) is 0 Å². The highest BCUT2D eigenvalue weighted by Crippen LogP contribution is 2.32. The molecular weight excluding hydrogens is 374 g/mol. The number of methoxy groups -OCH3 is 1. The lowest BCUT2D eigenvalue weighted by molar-refractivity contribution is 0.256. The second-order valence-corrected chi connectivity index (χ2v) is 7.23. The highest BCUT2D eigenvalue weighted by Gasteiger charge is 2.19. The fourth-order valence-electron chi connectivity index (χ4n) is 3.56. The van der Waals surface area contributed by atoms with Crippen LogP contribution in [0.3, 0.4) is 0 Å². The maximum Gasteiger partial charge on any atom is 0.332 e. The lowest BCUT2D eigenvalue weighted by Crippen LogP contribution is -2.47. The van der Waals surface area contributed by atoms with Gasteiger partial charge in [0.2, 0.25) is 0 Å². The number of piperazine rings is 1. The zero-order valence-electron chi connectivity index (χ0n) is 17.2. The Balaban J connectivity index is 1.47. The van der Waals surface area contributed by atoms with Crippen molar-refractivity contribution in [3.8, 4) is 11.5 Å². The number of nitrogens with zero attached hydrogens (tertiary/aromatic N) is 4. The summed E-state index contributed by atoms with van der Waals surface area (Å²) in [5.74, 6) is 1.43. The van der Waals surface area contributed by atoms with Gasteiger partial charge in [-0.2, -0.15) is 0 Å². The van der Waals surface area contributed by atoms with E-state index in [4.69, 9.17) is 4.74 Å². The third-order valence-corrected chi connectivity index (χ3v) is 5.36. The monoisotopic (exact) mass is 403 g/mol. The summed E-state index contributed by atoms with van der Waals surface area (Å²) < 4.78 is 7.93. The zero-order chi connectivity index (χ0) is 21.0. The summed E-state index contributed by atoms with van der Waals surface area (Å²) in [5.41, 5.74) is 0.357. The number of hydrogen-bond donors (Lipinski definition) is 2. The van der Waals surface area contributed by atoms with Crippen molar-refractivity contribution in [2.24, 2.45) is 14.1 Å². The van der Waals surface area contributed by atoms with Gasteiger partial charge in [-0.05, 0) is 25.1 Å². The van der Waals surface area contributed by atoms with Crippen LogP contribution in [0.15, 0.2) is 33.9 Å². The molecule has 9 heteroatoms. The molecule has 0 saturated carbocycles. The number of ether oxygens (including phenoxy) is 1. The number of aromatic hydroxyl groups is 1. The molecular formula is C20H29N5O4. The summed E-state index contributed by atoms with van der Waals surface area (Å²) in [6.07, 6.45) is 0.909. The second kappa shape index (κ2) is 9.04. The average Bonchev–Trinajstić information content (AvgIpc) is 2.73. The molecule has 29 heavy (non-hydrogen) atoms. The molecule has 0 radical (unpaired) electrons. The molecule has 0 aliphatic carbocycles. The van der Waals surface area contributed by atoms with Crippen LogP contribution in [-0.4, -0.2) is 65.5 Å². The number of benzene rings is 1. The van der Waals surface area contributed by atoms with Gasteiger partial charge in [-0.3, -0.25) is 18.8 Å². The van der Waals surface area contributed by atoms with Crippen LogP contribution in [0.5, 0.6) is 11.5 Å². The molecule has 1 aromatic carbocycles. The van der Waals surface area contributed by atoms with E-state index in [9.17, 15) is 14.7 Å². The first kappa shape index (κ1) is 20.8. The van der Waals surface area contributed by atoms with Crippen LogP contribution in [-0.2, 0) is 14.1 Å². The van der Waals surface area contributed by atoms with E-state index in [1.165, 1.54) is 17.7 Å². The van der Waals surface area contributed by atoms with Crippen LogP contribution >= 0.6 is 0 Å². The topological polar surface area (TPSA) is 92.0 Å². The number of rotatable bonds is 7. The molecule has 1 aliphatic heterocycles. The largest absolute Gasteiger partial charge is 0.508 e. The number of hydrogen-bond acceptors (Lipinski definition) is 7. The predicted octanol–water partition coefficient (Wildman–Crippen LogP) is 0.422. The number of phenolic OH excluding ortho intramolecular Hbond substituents is 1. The molecule has 0 bridgehead atoms. The first-order chi connectivity index (χ1) is 13.9. The summed E-state index contributed by atoms with van der Waals surface area (Å²) >= 11 is 0. The van der Waals surface area contributed by atoms with Gasteiger partial charge in [0.1, 0.15) is 17.3 Å². The minimum Gasteiger partial charge on any atom is -0.508 e. The zero-order valence-corrected chi connectivity index (χ0v) is 17.2. The molecule has 0 amide bonds. The van der Waals surface area contributed by atoms with Gasteiger partial charge in [-0.15, -0.1) is 0 Å². The van der Waals surface area contributed by atoms with Crippen LogP contribution in [0, 0.1) is 0 Å². The van der Waals surface area contributed by atoms with E-state index in [2.05, 4.69) is 15.1 Å². The van der Waals surface area contributed by atoms with Gasteiger partial charge in [-0.25, -0.2) is 4.79 Å². The van der Waals surface area contributed by atoms with Crippen LogP contribution in [0.25, 0.3) is 0 Å². The Morgan fingerprint density at radius 2 is 1.79 bits per heavy atom. The fraction of sp³-hybridized carbons (Fsp3) is 0.500. The molecule has 1 saturated heterocycles. The van der Waals surface area contributed by atoms with Crippen molar-refractivity contribution < 1.29 is 9.84 Å². The normalized spacial score (nSPS) is 14.8. The van der Waals surface area contributed by atoms with Gasteiger partial charge in [0.05, 0.1) is 12.8 Å². The number of phenols is 1. The molecule has 1 aromatic heterocycles. The SMILES string of the molecule is COc1cc(O)ccc1N1CCN(CCCNc2cc(=O)n(C)c(=O)n2C)CC1. The maximum atomic E-state index is 12.0. The van der Waals surface area contributed by atoms with Crippen LogP contribution in [0.4, 0.5) is 11.5 Å². The Kier molecular flexibility index (Phi) is 6.48. The van der Waals surface area contributed by atoms with Crippen molar-refractivity contribution in [1.29, 1.82) is 0 Å². The Morgan fingerprint density at radius 3 is 2.48 bits per heavy atom. The summed E-state index contributed by atoms with van der Waals surface area (Å²) in [7, 11) is 4.74. The quantitative estimate of drug-likeness (QED) is 0.648. The van der Waals surface area contributed by atoms with E-state index in [1.54, 1.807) is 26.3 Å². The Bertz CT molecular complexity index is 960.